The number of imidazole rings is 1. The molecule has 0 atom stereocenters. The minimum Gasteiger partial charge on any atom is -0.504 e. The summed E-state index contributed by atoms with van der Waals surface area (Å²) in [5.74, 6) is -5.85. The Morgan fingerprint density at radius 1 is 0.978 bits per heavy atom. The number of carbonyl (C=O) groups is 1. The summed E-state index contributed by atoms with van der Waals surface area (Å²) in [5, 5.41) is 18.0. The molecule has 2 heterocycles. The molecule has 0 aliphatic carbocycles. The number of nitrogens with zero attached hydrogens (tertiary/aromatic N) is 3. The molecule has 0 unspecified atom stereocenters. The highest BCUT2D eigenvalue weighted by atomic mass is 19.1. The Morgan fingerprint density at radius 2 is 1.71 bits per heavy atom. The number of rotatable bonds is 10. The highest BCUT2D eigenvalue weighted by Crippen LogP contribution is 2.41. The van der Waals surface area contributed by atoms with Gasteiger partial charge < -0.3 is 34.4 Å². The lowest BCUT2D eigenvalue weighted by molar-refractivity contribution is -0.134. The summed E-state index contributed by atoms with van der Waals surface area (Å²) in [7, 11) is 3.05. The van der Waals surface area contributed by atoms with Crippen LogP contribution in [0.25, 0.3) is 17.5 Å². The van der Waals surface area contributed by atoms with E-state index in [1.807, 2.05) is 7.05 Å². The van der Waals surface area contributed by atoms with Crippen LogP contribution in [0.4, 0.5) is 8.78 Å². The van der Waals surface area contributed by atoms with Gasteiger partial charge in [0.15, 0.2) is 11.5 Å². The molecular weight excluding hydrogens is 588 g/mol. The van der Waals surface area contributed by atoms with Gasteiger partial charge in [-0.15, -0.1) is 0 Å². The van der Waals surface area contributed by atoms with Crippen molar-refractivity contribution in [3.63, 3.8) is 0 Å². The van der Waals surface area contributed by atoms with Crippen molar-refractivity contribution >= 4 is 17.9 Å². The van der Waals surface area contributed by atoms with Crippen molar-refractivity contribution in [2.45, 2.75) is 0 Å². The zero-order chi connectivity index (χ0) is 32.1. The Bertz CT molecular complexity index is 1920. The van der Waals surface area contributed by atoms with E-state index in [1.54, 1.807) is 53.4 Å². The molecule has 0 amide bonds. The van der Waals surface area contributed by atoms with Crippen molar-refractivity contribution in [3.05, 3.63) is 108 Å². The minimum absolute atomic E-state index is 0.0318. The van der Waals surface area contributed by atoms with Gasteiger partial charge in [-0.2, -0.15) is 13.8 Å². The largest absolute Gasteiger partial charge is 0.504 e. The number of nitrogens with one attached hydrogen (secondary N) is 1. The van der Waals surface area contributed by atoms with E-state index in [4.69, 9.17) is 25.4 Å². The van der Waals surface area contributed by atoms with Gasteiger partial charge in [0, 0.05) is 36.6 Å². The molecule has 0 aliphatic heterocycles. The first-order chi connectivity index (χ1) is 21.6. The van der Waals surface area contributed by atoms with Crippen LogP contribution in [0.5, 0.6) is 40.5 Å². The fourth-order valence-electron chi connectivity index (χ4n) is 4.02. The van der Waals surface area contributed by atoms with Gasteiger partial charge in [0.05, 0.1) is 7.11 Å². The molecule has 0 fully saturated rings. The number of phenols is 1. The first kappa shape index (κ1) is 30.2. The summed E-state index contributed by atoms with van der Waals surface area (Å²) in [5.41, 5.74) is 6.95. The van der Waals surface area contributed by atoms with Crippen LogP contribution >= 0.6 is 0 Å². The number of methoxy groups -OCH3 is 1. The number of esters is 1. The van der Waals surface area contributed by atoms with E-state index in [1.165, 1.54) is 49.6 Å². The fourth-order valence-corrected chi connectivity index (χ4v) is 4.02. The van der Waals surface area contributed by atoms with Crippen LogP contribution in [-0.2, 0) is 16.6 Å². The van der Waals surface area contributed by atoms with Crippen LogP contribution in [0.3, 0.4) is 0 Å². The van der Waals surface area contributed by atoms with E-state index in [0.29, 0.717) is 17.0 Å². The van der Waals surface area contributed by atoms with E-state index in [9.17, 15) is 9.90 Å². The van der Waals surface area contributed by atoms with Crippen LogP contribution in [0.15, 0.2) is 85.2 Å². The number of nitrogen functional groups attached to an aromatic ring is 1. The van der Waals surface area contributed by atoms with E-state index in [2.05, 4.69) is 14.7 Å². The van der Waals surface area contributed by atoms with Crippen molar-refractivity contribution in [1.29, 1.82) is 5.41 Å². The smallest absolute Gasteiger partial charge is 0.330 e. The standard InChI is InChI=1S/C32H25F2N5O6/c1-39-15-14-37-30(39)20-4-3-5-22(16-20)44-31-26(33)28(43-21-10-6-18(7-11-21)8-13-25(41)42-2)27(34)32(38-31)45-24-17-19(29(35)36)9-12-23(24)40/h3-17,40H,1-2H3,(H3,35,36). The molecule has 5 rings (SSSR count). The lowest BCUT2D eigenvalue weighted by atomic mass is 10.2. The molecule has 11 nitrogen and oxygen atoms in total. The number of pyridine rings is 1. The predicted molar refractivity (Wildman–Crippen MR) is 160 cm³/mol. The minimum atomic E-state index is -1.34. The summed E-state index contributed by atoms with van der Waals surface area (Å²) >= 11 is 0. The summed E-state index contributed by atoms with van der Waals surface area (Å²) in [6, 6.07) is 16.3. The van der Waals surface area contributed by atoms with E-state index in [-0.39, 0.29) is 28.6 Å². The molecule has 2 aromatic heterocycles. The number of benzene rings is 3. The SMILES string of the molecule is COC(=O)C=Cc1ccc(Oc2c(F)c(Oc3cccc(-c4nccn4C)c3)nc(Oc3cc(C(=N)N)ccc3O)c2F)cc1. The number of ether oxygens (including phenoxy) is 4. The van der Waals surface area contributed by atoms with Gasteiger partial charge in [-0.3, -0.25) is 5.41 Å². The molecule has 228 valence electrons. The van der Waals surface area contributed by atoms with Crippen molar-refractivity contribution < 1.29 is 37.6 Å². The zero-order valence-electron chi connectivity index (χ0n) is 23.8. The first-order valence-corrected chi connectivity index (χ1v) is 13.2. The number of aromatic hydroxyl groups is 1. The van der Waals surface area contributed by atoms with Gasteiger partial charge in [0.2, 0.25) is 17.4 Å². The third kappa shape index (κ3) is 6.88. The lowest BCUT2D eigenvalue weighted by Gasteiger charge is -2.15. The highest BCUT2D eigenvalue weighted by Gasteiger charge is 2.27. The van der Waals surface area contributed by atoms with Crippen molar-refractivity contribution in [1.82, 2.24) is 14.5 Å². The number of aromatic nitrogens is 3. The maximum absolute atomic E-state index is 15.9. The Labute approximate surface area is 255 Å². The second-order valence-corrected chi connectivity index (χ2v) is 9.40. The van der Waals surface area contributed by atoms with Crippen LogP contribution in [0.2, 0.25) is 0 Å². The van der Waals surface area contributed by atoms with Crippen LogP contribution in [0.1, 0.15) is 11.1 Å². The third-order valence-corrected chi connectivity index (χ3v) is 6.30. The Morgan fingerprint density at radius 3 is 2.38 bits per heavy atom. The number of nitrogens with two attached hydrogens (primary N) is 1. The summed E-state index contributed by atoms with van der Waals surface area (Å²) in [6.45, 7) is 0. The molecule has 0 aliphatic rings. The number of hydrogen-bond donors (Lipinski definition) is 3. The predicted octanol–water partition coefficient (Wildman–Crippen LogP) is 6.31. The van der Waals surface area contributed by atoms with E-state index < -0.39 is 40.9 Å². The summed E-state index contributed by atoms with van der Waals surface area (Å²) in [4.78, 5) is 19.6. The number of aryl methyl sites for hydroxylation is 1. The van der Waals surface area contributed by atoms with E-state index in [0.717, 1.165) is 0 Å². The molecular formula is C32H25F2N5O6. The fraction of sp³-hybridized carbons (Fsp3) is 0.0625. The second kappa shape index (κ2) is 13.0. The van der Waals surface area contributed by atoms with Crippen molar-refractivity contribution in [2.24, 2.45) is 12.8 Å². The molecule has 45 heavy (non-hydrogen) atoms. The highest BCUT2D eigenvalue weighted by molar-refractivity contribution is 5.95. The van der Waals surface area contributed by atoms with Crippen molar-refractivity contribution in [2.75, 3.05) is 7.11 Å². The lowest BCUT2D eigenvalue weighted by Crippen LogP contribution is -2.11. The Kier molecular flexibility index (Phi) is 8.70. The number of carbonyl (C=O) groups excluding carboxylic acids is 1. The van der Waals surface area contributed by atoms with Crippen LogP contribution in [0, 0.1) is 17.0 Å². The van der Waals surface area contributed by atoms with Crippen LogP contribution in [-0.4, -0.2) is 38.6 Å². The van der Waals surface area contributed by atoms with Gasteiger partial charge in [-0.05, 0) is 54.1 Å². The maximum Gasteiger partial charge on any atom is 0.330 e. The van der Waals surface area contributed by atoms with Crippen molar-refractivity contribution in [3.8, 4) is 51.9 Å². The number of halogens is 2. The molecule has 0 saturated carbocycles. The van der Waals surface area contributed by atoms with E-state index >= 15 is 8.78 Å². The summed E-state index contributed by atoms with van der Waals surface area (Å²) in [6.07, 6.45) is 6.08. The van der Waals surface area contributed by atoms with Gasteiger partial charge in [0.25, 0.3) is 11.8 Å². The van der Waals surface area contributed by atoms with Gasteiger partial charge in [-0.1, -0.05) is 24.3 Å². The third-order valence-electron chi connectivity index (χ3n) is 6.30. The topological polar surface area (TPSA) is 155 Å². The molecule has 0 bridgehead atoms. The molecule has 0 spiro atoms. The van der Waals surface area contributed by atoms with Gasteiger partial charge >= 0.3 is 5.97 Å². The maximum atomic E-state index is 15.9. The molecule has 0 saturated heterocycles. The molecule has 13 heteroatoms. The Hall–Kier alpha value is -6.24. The quantitative estimate of drug-likeness (QED) is 0.0711. The first-order valence-electron chi connectivity index (χ1n) is 13.2. The second-order valence-electron chi connectivity index (χ2n) is 9.40. The average Bonchev–Trinajstić information content (AvgIpc) is 3.47. The van der Waals surface area contributed by atoms with Gasteiger partial charge in [-0.25, -0.2) is 9.78 Å². The number of amidine groups is 1. The molecule has 3 aromatic carbocycles. The van der Waals surface area contributed by atoms with Crippen LogP contribution < -0.4 is 19.9 Å². The molecule has 5 aromatic rings. The monoisotopic (exact) mass is 613 g/mol. The molecule has 0 radical (unpaired) electrons. The number of phenolic OH excluding ortho intramolecular Hbond substituents is 1. The average molecular weight is 614 g/mol. The zero-order valence-corrected chi connectivity index (χ0v) is 23.8. The van der Waals surface area contributed by atoms with Gasteiger partial charge in [0.1, 0.15) is 23.2 Å². The number of hydrogen-bond acceptors (Lipinski definition) is 9. The summed E-state index contributed by atoms with van der Waals surface area (Å²) < 4.78 is 54.9. The Balaban J connectivity index is 1.54. The molecule has 4 N–H and O–H groups in total. The normalized spacial score (nSPS) is 10.9.